The Morgan fingerprint density at radius 1 is 1.13 bits per heavy atom. The first kappa shape index (κ1) is 27.5. The lowest BCUT2D eigenvalue weighted by Gasteiger charge is -2.36. The SMILES string of the molecule is Cc1ccc(C(=O)N(CCCN)C(c2cc3c(Cl)c(C)nn3c(=O)n2Cc2ccccc2)C(C)C)c(F)c1. The van der Waals surface area contributed by atoms with Crippen LogP contribution in [0.4, 0.5) is 4.39 Å². The van der Waals surface area contributed by atoms with Gasteiger partial charge in [0.2, 0.25) is 0 Å². The van der Waals surface area contributed by atoms with Crippen LogP contribution in [0.1, 0.15) is 59.2 Å². The summed E-state index contributed by atoms with van der Waals surface area (Å²) in [5, 5.41) is 4.74. The van der Waals surface area contributed by atoms with Gasteiger partial charge in [0.05, 0.1) is 34.4 Å². The number of hydrogen-bond donors (Lipinski definition) is 1. The van der Waals surface area contributed by atoms with Gasteiger partial charge in [0.1, 0.15) is 5.82 Å². The highest BCUT2D eigenvalue weighted by Crippen LogP contribution is 2.33. The van der Waals surface area contributed by atoms with E-state index in [0.717, 1.165) is 11.1 Å². The number of amides is 1. The van der Waals surface area contributed by atoms with Crippen molar-refractivity contribution in [1.82, 2.24) is 19.1 Å². The van der Waals surface area contributed by atoms with Crippen molar-refractivity contribution in [3.8, 4) is 0 Å². The maximum atomic E-state index is 15.0. The number of benzene rings is 2. The van der Waals surface area contributed by atoms with Crippen molar-refractivity contribution in [2.24, 2.45) is 11.7 Å². The van der Waals surface area contributed by atoms with Crippen molar-refractivity contribution in [1.29, 1.82) is 0 Å². The maximum Gasteiger partial charge on any atom is 0.349 e. The second-order valence-electron chi connectivity index (χ2n) is 9.93. The molecule has 2 N–H and O–H groups in total. The molecule has 9 heteroatoms. The van der Waals surface area contributed by atoms with Crippen molar-refractivity contribution in [3.05, 3.63) is 104 Å². The summed E-state index contributed by atoms with van der Waals surface area (Å²) in [6.07, 6.45) is 0.514. The van der Waals surface area contributed by atoms with Gasteiger partial charge in [0, 0.05) is 12.2 Å². The van der Waals surface area contributed by atoms with Crippen molar-refractivity contribution in [2.75, 3.05) is 13.1 Å². The summed E-state index contributed by atoms with van der Waals surface area (Å²) in [5.41, 5.74) is 8.69. The van der Waals surface area contributed by atoms with E-state index in [1.165, 1.54) is 16.6 Å². The fraction of sp³-hybridized carbons (Fsp3) is 0.345. The number of nitrogens with two attached hydrogens (primary N) is 1. The summed E-state index contributed by atoms with van der Waals surface area (Å²) in [7, 11) is 0. The molecule has 0 fully saturated rings. The Labute approximate surface area is 226 Å². The van der Waals surface area contributed by atoms with E-state index in [-0.39, 0.29) is 23.7 Å². The van der Waals surface area contributed by atoms with Gasteiger partial charge in [-0.1, -0.05) is 61.8 Å². The number of carbonyl (C=O) groups is 1. The standard InChI is InChI=1S/C29H33ClFN5O2/c1-18(2)27(34(14-8-13-32)28(37)22-12-11-19(3)15-23(22)31)25-16-24-26(30)20(4)33-36(24)29(38)35(25)17-21-9-6-5-7-10-21/h5-7,9-12,15-16,18,27H,8,13-14,17,32H2,1-4H3. The third-order valence-corrected chi connectivity index (χ3v) is 7.17. The first-order chi connectivity index (χ1) is 18.1. The van der Waals surface area contributed by atoms with Gasteiger partial charge >= 0.3 is 5.69 Å². The molecule has 0 saturated carbocycles. The molecule has 0 spiro atoms. The normalized spacial score (nSPS) is 12.3. The minimum absolute atomic E-state index is 0.0189. The Kier molecular flexibility index (Phi) is 8.33. The molecule has 2 aromatic heterocycles. The highest BCUT2D eigenvalue weighted by Gasteiger charge is 2.33. The van der Waals surface area contributed by atoms with E-state index in [4.69, 9.17) is 17.3 Å². The molecule has 2 aromatic carbocycles. The summed E-state index contributed by atoms with van der Waals surface area (Å²) >= 11 is 6.56. The van der Waals surface area contributed by atoms with Gasteiger partial charge in [-0.15, -0.1) is 0 Å². The molecule has 0 radical (unpaired) electrons. The smallest absolute Gasteiger partial charge is 0.330 e. The van der Waals surface area contributed by atoms with Crippen LogP contribution in [0.5, 0.6) is 0 Å². The van der Waals surface area contributed by atoms with E-state index in [2.05, 4.69) is 5.10 Å². The van der Waals surface area contributed by atoms with E-state index < -0.39 is 17.8 Å². The van der Waals surface area contributed by atoms with Crippen molar-refractivity contribution >= 4 is 23.0 Å². The number of nitrogens with zero attached hydrogens (tertiary/aromatic N) is 4. The molecule has 0 aliphatic carbocycles. The highest BCUT2D eigenvalue weighted by atomic mass is 35.5. The minimum Gasteiger partial charge on any atom is -0.330 e. The zero-order chi connectivity index (χ0) is 27.6. The monoisotopic (exact) mass is 537 g/mol. The topological polar surface area (TPSA) is 85.6 Å². The fourth-order valence-electron chi connectivity index (χ4n) is 4.85. The molecule has 4 aromatic rings. The molecule has 4 rings (SSSR count). The Hall–Kier alpha value is -3.49. The minimum atomic E-state index is -0.582. The molecule has 1 amide bonds. The Bertz CT molecular complexity index is 1510. The molecule has 2 heterocycles. The largest absolute Gasteiger partial charge is 0.349 e. The van der Waals surface area contributed by atoms with E-state index in [0.29, 0.717) is 41.4 Å². The molecule has 1 unspecified atom stereocenters. The lowest BCUT2D eigenvalue weighted by atomic mass is 9.96. The number of fused-ring (bicyclic) bond motifs is 1. The molecule has 1 atom stereocenters. The van der Waals surface area contributed by atoms with E-state index >= 15 is 0 Å². The Morgan fingerprint density at radius 3 is 2.47 bits per heavy atom. The molecule has 0 saturated heterocycles. The molecule has 200 valence electrons. The summed E-state index contributed by atoms with van der Waals surface area (Å²) in [4.78, 5) is 29.4. The van der Waals surface area contributed by atoms with Crippen LogP contribution >= 0.6 is 11.6 Å². The third kappa shape index (κ3) is 5.37. The fourth-order valence-corrected chi connectivity index (χ4v) is 5.02. The predicted octanol–water partition coefficient (Wildman–Crippen LogP) is 5.14. The van der Waals surface area contributed by atoms with Crippen LogP contribution in [0.2, 0.25) is 5.02 Å². The van der Waals surface area contributed by atoms with Crippen LogP contribution in [-0.4, -0.2) is 38.1 Å². The van der Waals surface area contributed by atoms with Crippen LogP contribution in [0.15, 0.2) is 59.4 Å². The molecule has 0 bridgehead atoms. The van der Waals surface area contributed by atoms with Gasteiger partial charge < -0.3 is 10.6 Å². The molecular weight excluding hydrogens is 505 g/mol. The van der Waals surface area contributed by atoms with E-state index in [1.54, 1.807) is 29.4 Å². The van der Waals surface area contributed by atoms with E-state index in [1.807, 2.05) is 50.2 Å². The first-order valence-corrected chi connectivity index (χ1v) is 13.1. The van der Waals surface area contributed by atoms with Crippen LogP contribution in [-0.2, 0) is 6.54 Å². The molecule has 0 aliphatic rings. The second kappa shape index (κ2) is 11.5. The second-order valence-corrected chi connectivity index (χ2v) is 10.3. The lowest BCUT2D eigenvalue weighted by molar-refractivity contribution is 0.0604. The average Bonchev–Trinajstić information content (AvgIpc) is 3.17. The van der Waals surface area contributed by atoms with Crippen molar-refractivity contribution in [2.45, 2.75) is 46.7 Å². The average molecular weight is 538 g/mol. The summed E-state index contributed by atoms with van der Waals surface area (Å²) < 4.78 is 17.9. The van der Waals surface area contributed by atoms with Crippen LogP contribution in [0.25, 0.3) is 5.52 Å². The Balaban J connectivity index is 1.96. The van der Waals surface area contributed by atoms with Gasteiger partial charge in [-0.05, 0) is 62.1 Å². The number of aryl methyl sites for hydroxylation is 2. The van der Waals surface area contributed by atoms with Gasteiger partial charge in [-0.25, -0.2) is 9.18 Å². The number of hydrogen-bond acceptors (Lipinski definition) is 4. The van der Waals surface area contributed by atoms with Gasteiger partial charge in [-0.3, -0.25) is 9.36 Å². The summed E-state index contributed by atoms with van der Waals surface area (Å²) in [6, 6.07) is 15.4. The van der Waals surface area contributed by atoms with E-state index in [9.17, 15) is 14.0 Å². The molecule has 0 aliphatic heterocycles. The number of aromatic nitrogens is 3. The molecular formula is C29H33ClFN5O2. The number of halogens is 2. The number of rotatable bonds is 9. The third-order valence-electron chi connectivity index (χ3n) is 6.70. The quantitative estimate of drug-likeness (QED) is 0.320. The van der Waals surface area contributed by atoms with Crippen LogP contribution in [0.3, 0.4) is 0 Å². The van der Waals surface area contributed by atoms with Gasteiger partial charge in [0.15, 0.2) is 0 Å². The van der Waals surface area contributed by atoms with Crippen LogP contribution in [0, 0.1) is 25.6 Å². The first-order valence-electron chi connectivity index (χ1n) is 12.7. The molecule has 7 nitrogen and oxygen atoms in total. The summed E-state index contributed by atoms with van der Waals surface area (Å²) in [5.74, 6) is -1.16. The zero-order valence-corrected chi connectivity index (χ0v) is 22.9. The van der Waals surface area contributed by atoms with Gasteiger partial charge in [-0.2, -0.15) is 9.61 Å². The molecule has 38 heavy (non-hydrogen) atoms. The highest BCUT2D eigenvalue weighted by molar-refractivity contribution is 6.34. The Morgan fingerprint density at radius 2 is 1.84 bits per heavy atom. The van der Waals surface area contributed by atoms with Crippen molar-refractivity contribution in [3.63, 3.8) is 0 Å². The van der Waals surface area contributed by atoms with Gasteiger partial charge in [0.25, 0.3) is 5.91 Å². The van der Waals surface area contributed by atoms with Crippen LogP contribution < -0.4 is 11.4 Å². The summed E-state index contributed by atoms with van der Waals surface area (Å²) in [6.45, 7) is 8.38. The predicted molar refractivity (Wildman–Crippen MR) is 148 cm³/mol. The lowest BCUT2D eigenvalue weighted by Crippen LogP contribution is -2.42. The zero-order valence-electron chi connectivity index (χ0n) is 22.1. The number of carbonyl (C=O) groups excluding carboxylic acids is 1. The maximum absolute atomic E-state index is 15.0. The van der Waals surface area contributed by atoms with Crippen molar-refractivity contribution < 1.29 is 9.18 Å².